The van der Waals surface area contributed by atoms with Gasteiger partial charge in [-0.25, -0.2) is 0 Å². The van der Waals surface area contributed by atoms with Crippen molar-refractivity contribution in [1.29, 1.82) is 0 Å². The molecule has 0 aliphatic carbocycles. The maximum Gasteiger partial charge on any atom is 0.286 e. The molecule has 9 heteroatoms. The van der Waals surface area contributed by atoms with Crippen molar-refractivity contribution in [3.8, 4) is 11.8 Å². The predicted octanol–water partition coefficient (Wildman–Crippen LogP) is 2.56. The number of nitro benzene ring substituents is 1. The molecule has 0 amide bonds. The number of carbonyl (C=O) groups is 1. The maximum atomic E-state index is 12.8. The Morgan fingerprint density at radius 3 is 2.31 bits per heavy atom. The first-order valence-electron chi connectivity index (χ1n) is 7.77. The lowest BCUT2D eigenvalue weighted by atomic mass is 10.0. The van der Waals surface area contributed by atoms with Crippen LogP contribution in [0.1, 0.15) is 35.6 Å². The van der Waals surface area contributed by atoms with Crippen LogP contribution in [0, 0.1) is 10.1 Å². The number of nitro groups is 1. The zero-order valence-electron chi connectivity index (χ0n) is 14.9. The minimum absolute atomic E-state index is 0.0113. The van der Waals surface area contributed by atoms with E-state index in [0.717, 1.165) is 0 Å². The molecule has 0 atom stereocenters. The third-order valence-electron chi connectivity index (χ3n) is 3.42. The Kier molecular flexibility index (Phi) is 6.18. The van der Waals surface area contributed by atoms with Crippen molar-refractivity contribution >= 4 is 11.5 Å². The lowest BCUT2D eigenvalue weighted by Crippen LogP contribution is -2.13. The van der Waals surface area contributed by atoms with Gasteiger partial charge in [0.1, 0.15) is 5.56 Å². The molecule has 0 aliphatic heterocycles. The van der Waals surface area contributed by atoms with Crippen LogP contribution in [0.3, 0.4) is 0 Å². The SMILES string of the molecule is COc1cc(OC)nc(C(=O)c2cccc(COC(C)C)c2[N+](=O)[O-])n1. The van der Waals surface area contributed by atoms with Crippen LogP contribution < -0.4 is 9.47 Å². The van der Waals surface area contributed by atoms with Gasteiger partial charge >= 0.3 is 0 Å². The van der Waals surface area contributed by atoms with E-state index in [1.54, 1.807) is 12.1 Å². The summed E-state index contributed by atoms with van der Waals surface area (Å²) in [7, 11) is 2.75. The van der Waals surface area contributed by atoms with Gasteiger partial charge in [0.2, 0.25) is 23.4 Å². The van der Waals surface area contributed by atoms with Crippen LogP contribution in [-0.2, 0) is 11.3 Å². The standard InChI is InChI=1S/C17H19N3O6/c1-10(2)26-9-11-6-5-7-12(15(11)20(22)23)16(21)17-18-13(24-3)8-14(19-17)25-4/h5-8,10H,9H2,1-4H3. The molecule has 2 rings (SSSR count). The zero-order chi connectivity index (χ0) is 19.3. The molecule has 0 spiro atoms. The van der Waals surface area contributed by atoms with Crippen molar-refractivity contribution < 1.29 is 23.9 Å². The Bertz CT molecular complexity index is 800. The Hall–Kier alpha value is -3.07. The maximum absolute atomic E-state index is 12.8. The molecule has 1 aromatic carbocycles. The Morgan fingerprint density at radius 2 is 1.81 bits per heavy atom. The number of para-hydroxylation sites is 1. The fourth-order valence-corrected chi connectivity index (χ4v) is 2.20. The van der Waals surface area contributed by atoms with Crippen LogP contribution >= 0.6 is 0 Å². The van der Waals surface area contributed by atoms with Crippen molar-refractivity contribution in [3.05, 3.63) is 51.3 Å². The normalized spacial score (nSPS) is 10.7. The summed E-state index contributed by atoms with van der Waals surface area (Å²) in [6.45, 7) is 3.64. The van der Waals surface area contributed by atoms with Gasteiger partial charge < -0.3 is 14.2 Å². The molecule has 2 aromatic rings. The summed E-state index contributed by atoms with van der Waals surface area (Å²) < 4.78 is 15.5. The quantitative estimate of drug-likeness (QED) is 0.400. The molecule has 26 heavy (non-hydrogen) atoms. The van der Waals surface area contributed by atoms with Crippen molar-refractivity contribution in [3.63, 3.8) is 0 Å². The van der Waals surface area contributed by atoms with E-state index in [1.165, 1.54) is 26.4 Å². The van der Waals surface area contributed by atoms with Gasteiger partial charge in [-0.2, -0.15) is 9.97 Å². The van der Waals surface area contributed by atoms with Crippen LogP contribution in [-0.4, -0.2) is 41.0 Å². The molecule has 9 nitrogen and oxygen atoms in total. The van der Waals surface area contributed by atoms with Crippen LogP contribution in [0.5, 0.6) is 11.8 Å². The first kappa shape index (κ1) is 19.3. The Morgan fingerprint density at radius 1 is 1.19 bits per heavy atom. The van der Waals surface area contributed by atoms with Crippen LogP contribution in [0.4, 0.5) is 5.69 Å². The van der Waals surface area contributed by atoms with Gasteiger partial charge in [-0.1, -0.05) is 6.07 Å². The van der Waals surface area contributed by atoms with Gasteiger partial charge in [-0.05, 0) is 26.0 Å². The van der Waals surface area contributed by atoms with Crippen molar-refractivity contribution in [2.75, 3.05) is 14.2 Å². The molecule has 0 radical (unpaired) electrons. The summed E-state index contributed by atoms with van der Waals surface area (Å²) in [5, 5.41) is 11.6. The smallest absolute Gasteiger partial charge is 0.286 e. The topological polar surface area (TPSA) is 114 Å². The number of rotatable bonds is 8. The molecule has 0 fully saturated rings. The average Bonchev–Trinajstić information content (AvgIpc) is 2.64. The van der Waals surface area contributed by atoms with Gasteiger partial charge in [0.25, 0.3) is 5.69 Å². The number of hydrogen-bond acceptors (Lipinski definition) is 8. The van der Waals surface area contributed by atoms with E-state index in [-0.39, 0.29) is 41.5 Å². The largest absolute Gasteiger partial charge is 0.481 e. The third-order valence-corrected chi connectivity index (χ3v) is 3.42. The first-order valence-corrected chi connectivity index (χ1v) is 7.77. The molecular formula is C17H19N3O6. The third kappa shape index (κ3) is 4.31. The fraction of sp³-hybridized carbons (Fsp3) is 0.353. The minimum Gasteiger partial charge on any atom is -0.481 e. The lowest BCUT2D eigenvalue weighted by Gasteiger charge is -2.10. The number of nitrogens with zero attached hydrogens (tertiary/aromatic N) is 3. The van der Waals surface area contributed by atoms with Gasteiger partial charge in [0.05, 0.1) is 43.5 Å². The molecule has 0 N–H and O–H groups in total. The van der Waals surface area contributed by atoms with E-state index in [0.29, 0.717) is 5.56 Å². The van der Waals surface area contributed by atoms with Crippen LogP contribution in [0.2, 0.25) is 0 Å². The highest BCUT2D eigenvalue weighted by Crippen LogP contribution is 2.27. The second kappa shape index (κ2) is 8.34. The molecule has 0 saturated carbocycles. The molecule has 0 bridgehead atoms. The number of ether oxygens (including phenoxy) is 3. The van der Waals surface area contributed by atoms with E-state index < -0.39 is 10.7 Å². The van der Waals surface area contributed by atoms with Gasteiger partial charge in [-0.15, -0.1) is 0 Å². The first-order chi connectivity index (χ1) is 12.4. The fourth-order valence-electron chi connectivity index (χ4n) is 2.20. The average molecular weight is 361 g/mol. The number of benzene rings is 1. The van der Waals surface area contributed by atoms with Crippen molar-refractivity contribution in [1.82, 2.24) is 9.97 Å². The molecule has 1 aromatic heterocycles. The van der Waals surface area contributed by atoms with Gasteiger partial charge in [-0.3, -0.25) is 14.9 Å². The van der Waals surface area contributed by atoms with Crippen LogP contribution in [0.15, 0.2) is 24.3 Å². The van der Waals surface area contributed by atoms with Crippen LogP contribution in [0.25, 0.3) is 0 Å². The molecule has 0 saturated heterocycles. The number of hydrogen-bond donors (Lipinski definition) is 0. The molecular weight excluding hydrogens is 342 g/mol. The summed E-state index contributed by atoms with van der Waals surface area (Å²) in [6, 6.07) is 5.85. The van der Waals surface area contributed by atoms with E-state index in [1.807, 2.05) is 13.8 Å². The van der Waals surface area contributed by atoms with E-state index in [4.69, 9.17) is 14.2 Å². The monoisotopic (exact) mass is 361 g/mol. The number of carbonyl (C=O) groups excluding carboxylic acids is 1. The zero-order valence-corrected chi connectivity index (χ0v) is 14.9. The summed E-state index contributed by atoms with van der Waals surface area (Å²) >= 11 is 0. The number of ketones is 1. The number of aromatic nitrogens is 2. The van der Waals surface area contributed by atoms with E-state index in [2.05, 4.69) is 9.97 Å². The van der Waals surface area contributed by atoms with E-state index in [9.17, 15) is 14.9 Å². The predicted molar refractivity (Wildman–Crippen MR) is 91.6 cm³/mol. The van der Waals surface area contributed by atoms with Gasteiger partial charge in [0, 0.05) is 0 Å². The van der Waals surface area contributed by atoms with Gasteiger partial charge in [0.15, 0.2) is 0 Å². The molecule has 138 valence electrons. The summed E-state index contributed by atoms with van der Waals surface area (Å²) in [5.41, 5.74) is -0.164. The highest BCUT2D eigenvalue weighted by atomic mass is 16.6. The van der Waals surface area contributed by atoms with Crippen molar-refractivity contribution in [2.45, 2.75) is 26.6 Å². The second-order valence-corrected chi connectivity index (χ2v) is 5.54. The minimum atomic E-state index is -0.708. The molecule has 1 heterocycles. The molecule has 0 aliphatic rings. The van der Waals surface area contributed by atoms with E-state index >= 15 is 0 Å². The lowest BCUT2D eigenvalue weighted by molar-refractivity contribution is -0.386. The second-order valence-electron chi connectivity index (χ2n) is 5.54. The highest BCUT2D eigenvalue weighted by molar-refractivity contribution is 6.09. The Balaban J connectivity index is 2.52. The molecule has 0 unspecified atom stereocenters. The summed E-state index contributed by atoms with van der Waals surface area (Å²) in [5.74, 6) is -0.740. The summed E-state index contributed by atoms with van der Waals surface area (Å²) in [6.07, 6.45) is -0.111. The summed E-state index contributed by atoms with van der Waals surface area (Å²) in [4.78, 5) is 31.7. The Labute approximate surface area is 150 Å². The number of methoxy groups -OCH3 is 2. The van der Waals surface area contributed by atoms with Crippen molar-refractivity contribution in [2.24, 2.45) is 0 Å². The highest BCUT2D eigenvalue weighted by Gasteiger charge is 2.27.